The summed E-state index contributed by atoms with van der Waals surface area (Å²) in [6.07, 6.45) is 0. The molecule has 0 aliphatic carbocycles. The van der Waals surface area contributed by atoms with E-state index >= 15 is 0 Å². The van der Waals surface area contributed by atoms with E-state index in [0.717, 1.165) is 4.47 Å². The van der Waals surface area contributed by atoms with Crippen LogP contribution in [-0.4, -0.2) is 5.25 Å². The first-order chi connectivity index (χ1) is 6.50. The monoisotopic (exact) mass is 273 g/mol. The molecule has 0 heterocycles. The zero-order chi connectivity index (χ0) is 10.7. The van der Waals surface area contributed by atoms with Crippen LogP contribution >= 0.6 is 27.7 Å². The maximum atomic E-state index is 5.81. The smallest absolute Gasteiger partial charge is 0.0314 e. The molecule has 1 unspecified atom stereocenters. The van der Waals surface area contributed by atoms with Crippen LogP contribution in [0.4, 0.5) is 0 Å². The Morgan fingerprint density at radius 3 is 2.36 bits per heavy atom. The lowest BCUT2D eigenvalue weighted by Crippen LogP contribution is -2.04. The number of halogens is 1. The molecule has 0 aromatic heterocycles. The number of thioether (sulfide) groups is 1. The van der Waals surface area contributed by atoms with E-state index in [1.54, 1.807) is 0 Å². The van der Waals surface area contributed by atoms with Crippen LogP contribution in [0.5, 0.6) is 0 Å². The first-order valence-corrected chi connectivity index (χ1v) is 6.39. The molecule has 0 aliphatic rings. The van der Waals surface area contributed by atoms with Crippen LogP contribution < -0.4 is 5.73 Å². The molecule has 0 aliphatic heterocycles. The SMILES string of the molecule is CC(C)Sc1ccc(C(C)N)cc1Br. The predicted octanol–water partition coefficient (Wildman–Crippen LogP) is 3.97. The third-order valence-corrected chi connectivity index (χ3v) is 3.84. The van der Waals surface area contributed by atoms with Crippen molar-refractivity contribution in [3.63, 3.8) is 0 Å². The van der Waals surface area contributed by atoms with Crippen molar-refractivity contribution in [2.75, 3.05) is 0 Å². The molecule has 3 heteroatoms. The van der Waals surface area contributed by atoms with Gasteiger partial charge in [-0.05, 0) is 40.5 Å². The summed E-state index contributed by atoms with van der Waals surface area (Å²) in [6, 6.07) is 6.44. The van der Waals surface area contributed by atoms with Gasteiger partial charge in [-0.3, -0.25) is 0 Å². The second kappa shape index (κ2) is 5.19. The van der Waals surface area contributed by atoms with Crippen molar-refractivity contribution < 1.29 is 0 Å². The highest BCUT2D eigenvalue weighted by atomic mass is 79.9. The summed E-state index contributed by atoms with van der Waals surface area (Å²) in [5.41, 5.74) is 6.98. The van der Waals surface area contributed by atoms with Gasteiger partial charge in [0.15, 0.2) is 0 Å². The highest BCUT2D eigenvalue weighted by molar-refractivity contribution is 9.10. The van der Waals surface area contributed by atoms with E-state index in [9.17, 15) is 0 Å². The van der Waals surface area contributed by atoms with Gasteiger partial charge in [-0.1, -0.05) is 19.9 Å². The molecule has 78 valence electrons. The zero-order valence-corrected chi connectivity index (χ0v) is 11.2. The molecule has 0 saturated heterocycles. The van der Waals surface area contributed by atoms with Crippen LogP contribution in [0.25, 0.3) is 0 Å². The van der Waals surface area contributed by atoms with E-state index in [1.807, 2.05) is 18.7 Å². The molecule has 0 bridgehead atoms. The quantitative estimate of drug-likeness (QED) is 0.844. The minimum atomic E-state index is 0.101. The highest BCUT2D eigenvalue weighted by Crippen LogP contribution is 2.32. The van der Waals surface area contributed by atoms with Crippen LogP contribution in [0, 0.1) is 0 Å². The zero-order valence-electron chi connectivity index (χ0n) is 8.75. The number of nitrogens with two attached hydrogens (primary N) is 1. The lowest BCUT2D eigenvalue weighted by atomic mass is 10.1. The Balaban J connectivity index is 2.90. The van der Waals surface area contributed by atoms with Crippen molar-refractivity contribution in [1.29, 1.82) is 0 Å². The third-order valence-electron chi connectivity index (χ3n) is 1.84. The van der Waals surface area contributed by atoms with Gasteiger partial charge in [0.05, 0.1) is 0 Å². The molecule has 2 N–H and O–H groups in total. The van der Waals surface area contributed by atoms with Gasteiger partial charge in [-0.15, -0.1) is 11.8 Å². The van der Waals surface area contributed by atoms with Gasteiger partial charge in [0.1, 0.15) is 0 Å². The third kappa shape index (κ3) is 3.30. The van der Waals surface area contributed by atoms with Gasteiger partial charge in [0.2, 0.25) is 0 Å². The van der Waals surface area contributed by atoms with Crippen molar-refractivity contribution in [3.8, 4) is 0 Å². The second-order valence-corrected chi connectivity index (χ2v) is 6.12. The summed E-state index contributed by atoms with van der Waals surface area (Å²) in [5.74, 6) is 0. The van der Waals surface area contributed by atoms with E-state index in [-0.39, 0.29) is 6.04 Å². The molecule has 0 radical (unpaired) electrons. The van der Waals surface area contributed by atoms with Crippen molar-refractivity contribution in [3.05, 3.63) is 28.2 Å². The first-order valence-electron chi connectivity index (χ1n) is 4.72. The Morgan fingerprint density at radius 1 is 1.29 bits per heavy atom. The summed E-state index contributed by atoms with van der Waals surface area (Å²) in [4.78, 5) is 1.28. The van der Waals surface area contributed by atoms with Gasteiger partial charge >= 0.3 is 0 Å². The van der Waals surface area contributed by atoms with Crippen LogP contribution in [0.1, 0.15) is 32.4 Å². The molecule has 0 amide bonds. The fourth-order valence-electron chi connectivity index (χ4n) is 1.15. The lowest BCUT2D eigenvalue weighted by molar-refractivity contribution is 0.815. The summed E-state index contributed by atoms with van der Waals surface area (Å²) in [7, 11) is 0. The van der Waals surface area contributed by atoms with Gasteiger partial charge in [0.25, 0.3) is 0 Å². The summed E-state index contributed by atoms with van der Waals surface area (Å²) >= 11 is 5.43. The second-order valence-electron chi connectivity index (χ2n) is 3.65. The van der Waals surface area contributed by atoms with Crippen molar-refractivity contribution in [2.45, 2.75) is 37.0 Å². The van der Waals surface area contributed by atoms with Crippen LogP contribution in [0.2, 0.25) is 0 Å². The normalized spacial score (nSPS) is 13.3. The fourth-order valence-corrected chi connectivity index (χ4v) is 2.65. The van der Waals surface area contributed by atoms with Gasteiger partial charge < -0.3 is 5.73 Å². The van der Waals surface area contributed by atoms with Crippen molar-refractivity contribution in [2.24, 2.45) is 5.73 Å². The first kappa shape index (κ1) is 12.1. The Kier molecular flexibility index (Phi) is 4.48. The topological polar surface area (TPSA) is 26.0 Å². The van der Waals surface area contributed by atoms with Crippen molar-refractivity contribution >= 4 is 27.7 Å². The number of hydrogen-bond donors (Lipinski definition) is 1. The molecule has 0 fully saturated rings. The average molecular weight is 274 g/mol. The number of hydrogen-bond acceptors (Lipinski definition) is 2. The summed E-state index contributed by atoms with van der Waals surface area (Å²) in [6.45, 7) is 6.38. The van der Waals surface area contributed by atoms with Crippen LogP contribution in [0.3, 0.4) is 0 Å². The maximum Gasteiger partial charge on any atom is 0.0314 e. The number of benzene rings is 1. The molecule has 1 aromatic carbocycles. The van der Waals surface area contributed by atoms with Crippen molar-refractivity contribution in [1.82, 2.24) is 0 Å². The van der Waals surface area contributed by atoms with Crippen LogP contribution in [0.15, 0.2) is 27.6 Å². The summed E-state index contributed by atoms with van der Waals surface area (Å²) < 4.78 is 1.14. The molecule has 1 atom stereocenters. The Labute approximate surface area is 98.6 Å². The molecule has 1 nitrogen and oxygen atoms in total. The molecular weight excluding hydrogens is 258 g/mol. The predicted molar refractivity (Wildman–Crippen MR) is 67.7 cm³/mol. The van der Waals surface area contributed by atoms with E-state index in [2.05, 4.69) is 48.0 Å². The molecule has 14 heavy (non-hydrogen) atoms. The van der Waals surface area contributed by atoms with Crippen LogP contribution in [-0.2, 0) is 0 Å². The lowest BCUT2D eigenvalue weighted by Gasteiger charge is -2.11. The molecule has 1 aromatic rings. The van der Waals surface area contributed by atoms with Gasteiger partial charge in [-0.25, -0.2) is 0 Å². The van der Waals surface area contributed by atoms with E-state index < -0.39 is 0 Å². The standard InChI is InChI=1S/C11H16BrNS/c1-7(2)14-11-5-4-9(8(3)13)6-10(11)12/h4-8H,13H2,1-3H3. The highest BCUT2D eigenvalue weighted by Gasteiger charge is 2.06. The van der Waals surface area contributed by atoms with E-state index in [4.69, 9.17) is 5.73 Å². The molecule has 0 spiro atoms. The largest absolute Gasteiger partial charge is 0.324 e. The Hall–Kier alpha value is 0.01000. The minimum Gasteiger partial charge on any atom is -0.324 e. The molecule has 1 rings (SSSR count). The molecular formula is C11H16BrNS. The van der Waals surface area contributed by atoms with E-state index in [0.29, 0.717) is 5.25 Å². The number of rotatable bonds is 3. The van der Waals surface area contributed by atoms with Gasteiger partial charge in [0, 0.05) is 20.7 Å². The summed E-state index contributed by atoms with van der Waals surface area (Å²) in [5, 5.41) is 0.604. The average Bonchev–Trinajstić information content (AvgIpc) is 2.07. The fraction of sp³-hybridized carbons (Fsp3) is 0.455. The Bertz CT molecular complexity index is 310. The maximum absolute atomic E-state index is 5.81. The van der Waals surface area contributed by atoms with Gasteiger partial charge in [-0.2, -0.15) is 0 Å². The van der Waals surface area contributed by atoms with E-state index in [1.165, 1.54) is 10.5 Å². The minimum absolute atomic E-state index is 0.101. The Morgan fingerprint density at radius 2 is 1.93 bits per heavy atom. The molecule has 0 saturated carbocycles.